The Bertz CT molecular complexity index is 594. The zero-order valence-corrected chi connectivity index (χ0v) is 11.5. The lowest BCUT2D eigenvalue weighted by atomic mass is 9.81. The topological polar surface area (TPSA) is 49.7 Å². The van der Waals surface area contributed by atoms with Crippen molar-refractivity contribution < 1.29 is 9.90 Å². The third-order valence-electron chi connectivity index (χ3n) is 4.79. The molecular weight excluding hydrogens is 238 g/mol. The minimum Gasteiger partial charge on any atom is -0.507 e. The van der Waals surface area contributed by atoms with Gasteiger partial charge in [-0.1, -0.05) is 0 Å². The Balaban J connectivity index is 2.26. The fraction of sp³-hybridized carbons (Fsp3) is 0.562. The molecule has 0 heterocycles. The van der Waals surface area contributed by atoms with Gasteiger partial charge in [-0.25, -0.2) is 4.79 Å². The first kappa shape index (κ1) is 12.4. The van der Waals surface area contributed by atoms with Crippen LogP contribution in [0.1, 0.15) is 53.5 Å². The molecule has 2 aliphatic carbocycles. The van der Waals surface area contributed by atoms with Gasteiger partial charge in [0.15, 0.2) is 0 Å². The van der Waals surface area contributed by atoms with E-state index in [1.165, 1.54) is 24.0 Å². The van der Waals surface area contributed by atoms with E-state index in [4.69, 9.17) is 0 Å². The van der Waals surface area contributed by atoms with Gasteiger partial charge in [-0.3, -0.25) is 0 Å². The summed E-state index contributed by atoms with van der Waals surface area (Å²) in [6.45, 7) is 4.06. The Labute approximate surface area is 113 Å². The largest absolute Gasteiger partial charge is 0.507 e. The number of aromatic hydroxyl groups is 1. The van der Waals surface area contributed by atoms with E-state index in [9.17, 15) is 9.90 Å². The molecule has 19 heavy (non-hydrogen) atoms. The van der Waals surface area contributed by atoms with E-state index in [0.717, 1.165) is 42.4 Å². The van der Waals surface area contributed by atoms with Gasteiger partial charge >= 0.3 is 0 Å². The first-order chi connectivity index (χ1) is 9.10. The number of rotatable bonds is 2. The van der Waals surface area contributed by atoms with Gasteiger partial charge in [-0.2, -0.15) is 4.99 Å². The third kappa shape index (κ3) is 1.73. The van der Waals surface area contributed by atoms with Crippen molar-refractivity contribution in [1.29, 1.82) is 0 Å². The maximum absolute atomic E-state index is 10.7. The summed E-state index contributed by atoms with van der Waals surface area (Å²) in [5, 5.41) is 10.5. The van der Waals surface area contributed by atoms with Gasteiger partial charge in [0.2, 0.25) is 6.08 Å². The molecule has 0 bridgehead atoms. The van der Waals surface area contributed by atoms with E-state index < -0.39 is 5.54 Å². The smallest absolute Gasteiger partial charge is 0.235 e. The molecule has 1 aromatic carbocycles. The van der Waals surface area contributed by atoms with Gasteiger partial charge in [0.25, 0.3) is 0 Å². The zero-order valence-electron chi connectivity index (χ0n) is 11.5. The number of phenols is 1. The Morgan fingerprint density at radius 2 is 1.68 bits per heavy atom. The third-order valence-corrected chi connectivity index (χ3v) is 4.79. The number of fused-ring (bicyclic) bond motifs is 1. The molecule has 0 saturated heterocycles. The van der Waals surface area contributed by atoms with Crippen LogP contribution in [0.5, 0.6) is 5.75 Å². The van der Waals surface area contributed by atoms with Crippen LogP contribution in [0.2, 0.25) is 0 Å². The summed E-state index contributed by atoms with van der Waals surface area (Å²) in [7, 11) is 0. The highest BCUT2D eigenvalue weighted by Gasteiger charge is 2.48. The molecule has 0 amide bonds. The number of phenolic OH excluding ortho intramolecular Hbond substituents is 1. The Morgan fingerprint density at radius 3 is 2.21 bits per heavy atom. The monoisotopic (exact) mass is 257 g/mol. The van der Waals surface area contributed by atoms with Crippen LogP contribution in [0, 0.1) is 13.8 Å². The number of isocyanates is 1. The second kappa shape index (κ2) is 4.21. The van der Waals surface area contributed by atoms with Crippen LogP contribution < -0.4 is 0 Å². The number of hydrogen-bond acceptors (Lipinski definition) is 3. The van der Waals surface area contributed by atoms with Crippen molar-refractivity contribution in [2.75, 3.05) is 0 Å². The molecule has 0 atom stereocenters. The predicted molar refractivity (Wildman–Crippen MR) is 73.3 cm³/mol. The summed E-state index contributed by atoms with van der Waals surface area (Å²) in [6.07, 6.45) is 7.91. The fourth-order valence-electron chi connectivity index (χ4n) is 3.58. The van der Waals surface area contributed by atoms with Crippen LogP contribution in [0.4, 0.5) is 0 Å². The molecule has 0 radical (unpaired) electrons. The highest BCUT2D eigenvalue weighted by molar-refractivity contribution is 5.60. The summed E-state index contributed by atoms with van der Waals surface area (Å²) < 4.78 is 0. The molecule has 1 aromatic rings. The van der Waals surface area contributed by atoms with Crippen LogP contribution >= 0.6 is 0 Å². The molecule has 3 nitrogen and oxygen atoms in total. The van der Waals surface area contributed by atoms with E-state index in [-0.39, 0.29) is 0 Å². The molecule has 0 unspecified atom stereocenters. The van der Waals surface area contributed by atoms with Crippen molar-refractivity contribution in [1.82, 2.24) is 0 Å². The van der Waals surface area contributed by atoms with Gasteiger partial charge in [-0.15, -0.1) is 0 Å². The lowest BCUT2D eigenvalue weighted by molar-refractivity contribution is 0.451. The minimum atomic E-state index is -0.479. The average molecular weight is 257 g/mol. The fourth-order valence-corrected chi connectivity index (χ4v) is 3.58. The van der Waals surface area contributed by atoms with Crippen molar-refractivity contribution in [3.63, 3.8) is 0 Å². The van der Waals surface area contributed by atoms with Gasteiger partial charge in [0.05, 0.1) is 0 Å². The van der Waals surface area contributed by atoms with Gasteiger partial charge in [-0.05, 0) is 74.6 Å². The maximum Gasteiger partial charge on any atom is 0.235 e. The van der Waals surface area contributed by atoms with Crippen molar-refractivity contribution in [2.24, 2.45) is 4.99 Å². The quantitative estimate of drug-likeness (QED) is 0.653. The van der Waals surface area contributed by atoms with E-state index in [0.29, 0.717) is 5.75 Å². The first-order valence-corrected chi connectivity index (χ1v) is 7.04. The summed E-state index contributed by atoms with van der Waals surface area (Å²) in [5.41, 5.74) is 5.23. The minimum absolute atomic E-state index is 0.356. The van der Waals surface area contributed by atoms with Gasteiger partial charge in [0.1, 0.15) is 11.3 Å². The predicted octanol–water partition coefficient (Wildman–Crippen LogP) is 3.21. The molecule has 2 aliphatic rings. The van der Waals surface area contributed by atoms with Crippen LogP contribution in [0.3, 0.4) is 0 Å². The second-order valence-electron chi connectivity index (χ2n) is 5.87. The summed E-state index contributed by atoms with van der Waals surface area (Å²) >= 11 is 0. The second-order valence-corrected chi connectivity index (χ2v) is 5.87. The number of hydrogen-bond donors (Lipinski definition) is 1. The van der Waals surface area contributed by atoms with Crippen LogP contribution in [-0.4, -0.2) is 11.2 Å². The Morgan fingerprint density at radius 1 is 1.11 bits per heavy atom. The standard InChI is InChI=1S/C16H19NO2/c1-10-12-5-3-4-6-13(12)11(2)15(19)14(10)16(7-8-16)17-9-18/h19H,3-8H2,1-2H3. The summed E-state index contributed by atoms with van der Waals surface area (Å²) in [5.74, 6) is 0.356. The van der Waals surface area contributed by atoms with Crippen molar-refractivity contribution in [3.8, 4) is 5.75 Å². The van der Waals surface area contributed by atoms with E-state index in [2.05, 4.69) is 11.9 Å². The normalized spacial score (nSPS) is 19.5. The van der Waals surface area contributed by atoms with E-state index >= 15 is 0 Å². The lowest BCUT2D eigenvalue weighted by Crippen LogP contribution is -2.14. The molecule has 3 rings (SSSR count). The number of benzene rings is 1. The SMILES string of the molecule is Cc1c(O)c(C2(N=C=O)CC2)c(C)c2c1CCCC2. The molecule has 3 heteroatoms. The van der Waals surface area contributed by atoms with Gasteiger partial charge in [0, 0.05) is 5.56 Å². The molecule has 1 saturated carbocycles. The number of aliphatic imine (C=N–C) groups is 1. The van der Waals surface area contributed by atoms with Gasteiger partial charge < -0.3 is 5.11 Å². The first-order valence-electron chi connectivity index (χ1n) is 7.04. The Kier molecular flexibility index (Phi) is 2.75. The molecule has 1 fully saturated rings. The molecule has 0 aromatic heterocycles. The maximum atomic E-state index is 10.7. The highest BCUT2D eigenvalue weighted by Crippen LogP contribution is 2.55. The number of carbonyl (C=O) groups excluding carboxylic acids is 1. The Hall–Kier alpha value is -1.60. The average Bonchev–Trinajstić information content (AvgIpc) is 3.17. The van der Waals surface area contributed by atoms with Crippen molar-refractivity contribution >= 4 is 6.08 Å². The van der Waals surface area contributed by atoms with Crippen LogP contribution in [0.15, 0.2) is 4.99 Å². The highest BCUT2D eigenvalue weighted by atomic mass is 16.3. The van der Waals surface area contributed by atoms with E-state index in [1.54, 1.807) is 6.08 Å². The summed E-state index contributed by atoms with van der Waals surface area (Å²) in [4.78, 5) is 14.6. The zero-order chi connectivity index (χ0) is 13.6. The molecule has 100 valence electrons. The van der Waals surface area contributed by atoms with Crippen molar-refractivity contribution in [2.45, 2.75) is 57.9 Å². The number of nitrogens with zero attached hydrogens (tertiary/aromatic N) is 1. The van der Waals surface area contributed by atoms with Crippen LogP contribution in [-0.2, 0) is 23.2 Å². The lowest BCUT2D eigenvalue weighted by Gasteiger charge is -2.26. The van der Waals surface area contributed by atoms with E-state index in [1.807, 2.05) is 6.92 Å². The van der Waals surface area contributed by atoms with Crippen LogP contribution in [0.25, 0.3) is 0 Å². The molecule has 1 N–H and O–H groups in total. The molecular formula is C16H19NO2. The summed E-state index contributed by atoms with van der Waals surface area (Å²) in [6, 6.07) is 0. The van der Waals surface area contributed by atoms with Crippen molar-refractivity contribution in [3.05, 3.63) is 27.8 Å². The molecule has 0 aliphatic heterocycles. The molecule has 0 spiro atoms.